The summed E-state index contributed by atoms with van der Waals surface area (Å²) in [6.45, 7) is 2.24. The van der Waals surface area contributed by atoms with Crippen molar-refractivity contribution in [3.05, 3.63) is 35.0 Å². The van der Waals surface area contributed by atoms with Gasteiger partial charge in [-0.25, -0.2) is 0 Å². The topological polar surface area (TPSA) is 33.4 Å². The first-order chi connectivity index (χ1) is 10.1. The summed E-state index contributed by atoms with van der Waals surface area (Å²) in [5.41, 5.74) is -0.00858. The highest BCUT2D eigenvalue weighted by molar-refractivity contribution is 6.31. The molecule has 3 rings (SSSR count). The minimum Gasteiger partial charge on any atom is -0.458 e. The fourth-order valence-corrected chi connectivity index (χ4v) is 3.76. The van der Waals surface area contributed by atoms with Gasteiger partial charge in [-0.1, -0.05) is 37.8 Å². The first-order valence-electron chi connectivity index (χ1n) is 8.03. The van der Waals surface area contributed by atoms with Gasteiger partial charge >= 0.3 is 0 Å². The zero-order valence-corrected chi connectivity index (χ0v) is 13.3. The van der Waals surface area contributed by atoms with E-state index in [1.54, 1.807) is 0 Å². The van der Waals surface area contributed by atoms with Crippen molar-refractivity contribution in [1.29, 1.82) is 0 Å². The third kappa shape index (κ3) is 3.12. The second-order valence-electron chi connectivity index (χ2n) is 6.41. The number of fused-ring (bicyclic) bond motifs is 1. The summed E-state index contributed by atoms with van der Waals surface area (Å²) in [7, 11) is 0. The van der Waals surface area contributed by atoms with Crippen LogP contribution in [0.4, 0.5) is 0 Å². The summed E-state index contributed by atoms with van der Waals surface area (Å²) in [6.07, 6.45) is 7.47. The molecule has 1 saturated carbocycles. The monoisotopic (exact) mass is 306 g/mol. The van der Waals surface area contributed by atoms with E-state index in [-0.39, 0.29) is 0 Å². The lowest BCUT2D eigenvalue weighted by Gasteiger charge is -2.24. The molecular formula is C18H23ClO2. The molecule has 1 fully saturated rings. The van der Waals surface area contributed by atoms with Gasteiger partial charge in [0, 0.05) is 10.4 Å². The molecule has 0 aliphatic heterocycles. The van der Waals surface area contributed by atoms with Crippen LogP contribution in [0, 0.1) is 5.92 Å². The first-order valence-corrected chi connectivity index (χ1v) is 8.40. The van der Waals surface area contributed by atoms with Crippen molar-refractivity contribution in [3.8, 4) is 0 Å². The Labute approximate surface area is 131 Å². The van der Waals surface area contributed by atoms with E-state index in [4.69, 9.17) is 16.0 Å². The summed E-state index contributed by atoms with van der Waals surface area (Å²) in [5.74, 6) is 1.46. The smallest absolute Gasteiger partial charge is 0.136 e. The van der Waals surface area contributed by atoms with Gasteiger partial charge in [-0.2, -0.15) is 0 Å². The van der Waals surface area contributed by atoms with Crippen LogP contribution >= 0.6 is 11.6 Å². The van der Waals surface area contributed by atoms with Gasteiger partial charge in [-0.15, -0.1) is 0 Å². The molecule has 2 aromatic rings. The van der Waals surface area contributed by atoms with Crippen molar-refractivity contribution in [2.75, 3.05) is 0 Å². The molecule has 0 spiro atoms. The van der Waals surface area contributed by atoms with Crippen LogP contribution in [0.5, 0.6) is 0 Å². The van der Waals surface area contributed by atoms with E-state index in [0.29, 0.717) is 10.8 Å². The molecule has 0 radical (unpaired) electrons. The minimum atomic E-state index is -0.812. The Morgan fingerprint density at radius 3 is 2.95 bits per heavy atom. The lowest BCUT2D eigenvalue weighted by atomic mass is 9.90. The van der Waals surface area contributed by atoms with Crippen molar-refractivity contribution in [2.45, 2.75) is 57.5 Å². The number of benzene rings is 1. The zero-order chi connectivity index (χ0) is 14.9. The molecule has 1 aliphatic rings. The molecule has 0 amide bonds. The Kier molecular flexibility index (Phi) is 4.28. The molecular weight excluding hydrogens is 284 g/mol. The van der Waals surface area contributed by atoms with Crippen molar-refractivity contribution in [2.24, 2.45) is 5.92 Å². The van der Waals surface area contributed by atoms with E-state index >= 15 is 0 Å². The maximum atomic E-state index is 11.1. The largest absolute Gasteiger partial charge is 0.458 e. The number of hydrogen-bond acceptors (Lipinski definition) is 2. The Balaban J connectivity index is 1.86. The quantitative estimate of drug-likeness (QED) is 0.743. The number of rotatable bonds is 3. The zero-order valence-electron chi connectivity index (χ0n) is 12.6. The van der Waals surface area contributed by atoms with Gasteiger partial charge in [0.05, 0.1) is 0 Å². The summed E-state index contributed by atoms with van der Waals surface area (Å²) >= 11 is 6.02. The molecule has 1 aliphatic carbocycles. The lowest BCUT2D eigenvalue weighted by molar-refractivity contribution is 0.000103. The molecule has 114 valence electrons. The van der Waals surface area contributed by atoms with E-state index in [9.17, 15) is 5.11 Å². The molecule has 0 saturated heterocycles. The van der Waals surface area contributed by atoms with Crippen LogP contribution in [0.1, 0.15) is 57.6 Å². The molecule has 1 aromatic carbocycles. The maximum Gasteiger partial charge on any atom is 0.136 e. The minimum absolute atomic E-state index is 0.700. The van der Waals surface area contributed by atoms with Crippen LogP contribution in [0.15, 0.2) is 28.7 Å². The third-order valence-electron chi connectivity index (χ3n) is 4.80. The van der Waals surface area contributed by atoms with Crippen LogP contribution in [0.3, 0.4) is 0 Å². The van der Waals surface area contributed by atoms with Gasteiger partial charge < -0.3 is 9.52 Å². The van der Waals surface area contributed by atoms with E-state index in [0.717, 1.165) is 42.6 Å². The van der Waals surface area contributed by atoms with Crippen LogP contribution < -0.4 is 0 Å². The average Bonchev–Trinajstić information content (AvgIpc) is 2.79. The van der Waals surface area contributed by atoms with E-state index in [2.05, 4.69) is 6.92 Å². The highest BCUT2D eigenvalue weighted by atomic mass is 35.5. The molecule has 21 heavy (non-hydrogen) atoms. The molecule has 1 heterocycles. The second-order valence-corrected chi connectivity index (χ2v) is 6.85. The highest BCUT2D eigenvalue weighted by Crippen LogP contribution is 2.41. The van der Waals surface area contributed by atoms with Crippen molar-refractivity contribution < 1.29 is 9.52 Å². The molecule has 1 N–H and O–H groups in total. The number of halogens is 1. The molecule has 0 bridgehead atoms. The number of aliphatic hydroxyl groups is 1. The SMILES string of the molecule is CCCC1CCCC(O)(c2cc3cc(Cl)ccc3o2)CC1. The predicted octanol–water partition coefficient (Wildman–Crippen LogP) is 5.65. The van der Waals surface area contributed by atoms with Crippen LogP contribution in [-0.4, -0.2) is 5.11 Å². The third-order valence-corrected chi connectivity index (χ3v) is 5.04. The van der Waals surface area contributed by atoms with Gasteiger partial charge in [-0.05, 0) is 55.9 Å². The number of furan rings is 1. The highest BCUT2D eigenvalue weighted by Gasteiger charge is 2.35. The van der Waals surface area contributed by atoms with Gasteiger partial charge in [0.1, 0.15) is 16.9 Å². The van der Waals surface area contributed by atoms with Gasteiger partial charge in [0.15, 0.2) is 0 Å². The molecule has 1 aromatic heterocycles. The molecule has 2 nitrogen and oxygen atoms in total. The second kappa shape index (κ2) is 6.02. The van der Waals surface area contributed by atoms with Crippen LogP contribution in [-0.2, 0) is 5.60 Å². The fourth-order valence-electron chi connectivity index (χ4n) is 3.58. The predicted molar refractivity (Wildman–Crippen MR) is 86.6 cm³/mol. The van der Waals surface area contributed by atoms with E-state index in [1.807, 2.05) is 24.3 Å². The molecule has 2 unspecified atom stereocenters. The lowest BCUT2D eigenvalue weighted by Crippen LogP contribution is -2.24. The standard InChI is InChI=1S/C18H23ClO2/c1-2-4-13-5-3-9-18(20,10-8-13)17-12-14-11-15(19)6-7-16(14)21-17/h6-7,11-13,20H,2-5,8-10H2,1H3. The summed E-state index contributed by atoms with van der Waals surface area (Å²) in [5, 5.41) is 12.7. The van der Waals surface area contributed by atoms with E-state index in [1.165, 1.54) is 19.3 Å². The molecule has 2 atom stereocenters. The van der Waals surface area contributed by atoms with Gasteiger partial charge in [-0.3, -0.25) is 0 Å². The van der Waals surface area contributed by atoms with Gasteiger partial charge in [0.25, 0.3) is 0 Å². The van der Waals surface area contributed by atoms with Crippen molar-refractivity contribution in [1.82, 2.24) is 0 Å². The Bertz CT molecular complexity index is 619. The van der Waals surface area contributed by atoms with E-state index < -0.39 is 5.60 Å². The molecule has 3 heteroatoms. The number of hydrogen-bond donors (Lipinski definition) is 1. The Morgan fingerprint density at radius 1 is 1.29 bits per heavy atom. The van der Waals surface area contributed by atoms with Crippen molar-refractivity contribution >= 4 is 22.6 Å². The normalized spacial score (nSPS) is 26.9. The average molecular weight is 307 g/mol. The summed E-state index contributed by atoms with van der Waals surface area (Å²) < 4.78 is 5.91. The first kappa shape index (κ1) is 14.9. The summed E-state index contributed by atoms with van der Waals surface area (Å²) in [6, 6.07) is 7.55. The van der Waals surface area contributed by atoms with Gasteiger partial charge in [0.2, 0.25) is 0 Å². The Hall–Kier alpha value is -0.990. The fraction of sp³-hybridized carbons (Fsp3) is 0.556. The Morgan fingerprint density at radius 2 is 2.14 bits per heavy atom. The van der Waals surface area contributed by atoms with Crippen molar-refractivity contribution in [3.63, 3.8) is 0 Å². The van der Waals surface area contributed by atoms with Crippen LogP contribution in [0.2, 0.25) is 5.02 Å². The maximum absolute atomic E-state index is 11.1. The summed E-state index contributed by atoms with van der Waals surface area (Å²) in [4.78, 5) is 0. The van der Waals surface area contributed by atoms with Crippen LogP contribution in [0.25, 0.3) is 11.0 Å².